The lowest BCUT2D eigenvalue weighted by Crippen LogP contribution is -2.35. The summed E-state index contributed by atoms with van der Waals surface area (Å²) in [7, 11) is 0. The van der Waals surface area contributed by atoms with Crippen molar-refractivity contribution in [2.24, 2.45) is 0 Å². The molecule has 8 heteroatoms. The molecule has 3 aromatic heterocycles. The summed E-state index contributed by atoms with van der Waals surface area (Å²) in [5, 5.41) is 0.574. The summed E-state index contributed by atoms with van der Waals surface area (Å²) in [6.07, 6.45) is 1.69. The quantitative estimate of drug-likeness (QED) is 0.400. The van der Waals surface area contributed by atoms with Crippen molar-refractivity contribution in [2.75, 3.05) is 4.90 Å². The zero-order chi connectivity index (χ0) is 22.2. The molecule has 7 nitrogen and oxygen atoms in total. The van der Waals surface area contributed by atoms with Crippen molar-refractivity contribution in [3.05, 3.63) is 88.2 Å². The SMILES string of the molecule is Cc1cc(C)c2nc(N(Cc3ccccn3)C(=O)Cn3c(=O)oc4ccccc43)sc2c1. The number of amides is 1. The first kappa shape index (κ1) is 20.1. The molecule has 2 aromatic carbocycles. The van der Waals surface area contributed by atoms with Gasteiger partial charge in [-0.1, -0.05) is 35.6 Å². The minimum absolute atomic E-state index is 0.156. The fraction of sp³-hybridized carbons (Fsp3) is 0.167. The number of hydrogen-bond donors (Lipinski definition) is 0. The summed E-state index contributed by atoms with van der Waals surface area (Å²) in [6, 6.07) is 16.8. The van der Waals surface area contributed by atoms with Gasteiger partial charge in [0.2, 0.25) is 5.91 Å². The fourth-order valence-electron chi connectivity index (χ4n) is 3.77. The first-order chi connectivity index (χ1) is 15.5. The van der Waals surface area contributed by atoms with Gasteiger partial charge >= 0.3 is 5.76 Å². The molecule has 5 aromatic rings. The van der Waals surface area contributed by atoms with Gasteiger partial charge in [0.1, 0.15) is 6.54 Å². The molecule has 0 saturated heterocycles. The van der Waals surface area contributed by atoms with Crippen LogP contribution in [0.5, 0.6) is 0 Å². The van der Waals surface area contributed by atoms with Gasteiger partial charge in [-0.15, -0.1) is 0 Å². The second-order valence-electron chi connectivity index (χ2n) is 7.65. The molecule has 0 N–H and O–H groups in total. The molecule has 32 heavy (non-hydrogen) atoms. The number of fused-ring (bicyclic) bond motifs is 2. The maximum atomic E-state index is 13.5. The maximum Gasteiger partial charge on any atom is 0.420 e. The van der Waals surface area contributed by atoms with Gasteiger partial charge in [0.05, 0.1) is 28.0 Å². The Kier molecular flexibility index (Phi) is 5.07. The normalized spacial score (nSPS) is 11.3. The van der Waals surface area contributed by atoms with Crippen molar-refractivity contribution in [1.29, 1.82) is 0 Å². The monoisotopic (exact) mass is 444 g/mol. The molecule has 160 valence electrons. The molecule has 0 spiro atoms. The standard InChI is InChI=1S/C24H20N4O3S/c1-15-11-16(2)22-20(12-15)32-23(26-22)28(13-17-7-5-6-10-25-17)21(29)14-27-18-8-3-4-9-19(18)31-24(27)30/h3-12H,13-14H2,1-2H3. The van der Waals surface area contributed by atoms with Crippen molar-refractivity contribution in [3.8, 4) is 0 Å². The number of pyridine rings is 1. The highest BCUT2D eigenvalue weighted by molar-refractivity contribution is 7.22. The van der Waals surface area contributed by atoms with E-state index in [9.17, 15) is 9.59 Å². The van der Waals surface area contributed by atoms with Gasteiger partial charge in [-0.3, -0.25) is 19.2 Å². The number of oxazole rings is 1. The van der Waals surface area contributed by atoms with Crippen molar-refractivity contribution in [1.82, 2.24) is 14.5 Å². The average Bonchev–Trinajstić information content (AvgIpc) is 3.34. The Balaban J connectivity index is 1.56. The van der Waals surface area contributed by atoms with Gasteiger partial charge in [-0.2, -0.15) is 0 Å². The molecule has 1 amide bonds. The predicted octanol–water partition coefficient (Wildman–Crippen LogP) is 4.45. The first-order valence-corrected chi connectivity index (χ1v) is 11.0. The van der Waals surface area contributed by atoms with Gasteiger partial charge in [0, 0.05) is 6.20 Å². The summed E-state index contributed by atoms with van der Waals surface area (Å²) >= 11 is 1.46. The molecule has 0 radical (unpaired) electrons. The number of hydrogen-bond acceptors (Lipinski definition) is 6. The number of benzene rings is 2. The van der Waals surface area contributed by atoms with E-state index in [0.717, 1.165) is 27.0 Å². The third-order valence-electron chi connectivity index (χ3n) is 5.26. The van der Waals surface area contributed by atoms with E-state index in [1.807, 2.05) is 38.1 Å². The number of anilines is 1. The molecule has 0 aliphatic carbocycles. The van der Waals surface area contributed by atoms with Gasteiger partial charge in [-0.05, 0) is 55.3 Å². The lowest BCUT2D eigenvalue weighted by molar-refractivity contribution is -0.119. The van der Waals surface area contributed by atoms with Crippen LogP contribution in [-0.2, 0) is 17.9 Å². The highest BCUT2D eigenvalue weighted by atomic mass is 32.1. The molecule has 0 bridgehead atoms. The summed E-state index contributed by atoms with van der Waals surface area (Å²) in [4.78, 5) is 36.7. The van der Waals surface area contributed by atoms with E-state index in [4.69, 9.17) is 9.40 Å². The van der Waals surface area contributed by atoms with Crippen LogP contribution in [-0.4, -0.2) is 20.4 Å². The Morgan fingerprint density at radius 2 is 1.94 bits per heavy atom. The molecule has 5 rings (SSSR count). The molecular weight excluding hydrogens is 424 g/mol. The van der Waals surface area contributed by atoms with E-state index in [1.165, 1.54) is 15.9 Å². The van der Waals surface area contributed by atoms with Crippen LogP contribution in [0.2, 0.25) is 0 Å². The van der Waals surface area contributed by atoms with Crippen LogP contribution in [0.1, 0.15) is 16.8 Å². The molecular formula is C24H20N4O3S. The highest BCUT2D eigenvalue weighted by Crippen LogP contribution is 2.32. The average molecular weight is 445 g/mol. The maximum absolute atomic E-state index is 13.5. The minimum atomic E-state index is -0.562. The summed E-state index contributed by atoms with van der Waals surface area (Å²) in [5.41, 5.74) is 4.85. The van der Waals surface area contributed by atoms with Crippen molar-refractivity contribution in [2.45, 2.75) is 26.9 Å². The minimum Gasteiger partial charge on any atom is -0.408 e. The van der Waals surface area contributed by atoms with Crippen LogP contribution < -0.4 is 10.7 Å². The largest absolute Gasteiger partial charge is 0.420 e. The van der Waals surface area contributed by atoms with Crippen LogP contribution in [0, 0.1) is 13.8 Å². The molecule has 0 aliphatic rings. The Morgan fingerprint density at radius 1 is 1.12 bits per heavy atom. The molecule has 0 aliphatic heterocycles. The van der Waals surface area contributed by atoms with E-state index in [-0.39, 0.29) is 19.0 Å². The predicted molar refractivity (Wildman–Crippen MR) is 125 cm³/mol. The van der Waals surface area contributed by atoms with E-state index in [2.05, 4.69) is 17.1 Å². The number of carbonyl (C=O) groups is 1. The van der Waals surface area contributed by atoms with Crippen molar-refractivity contribution < 1.29 is 9.21 Å². The van der Waals surface area contributed by atoms with Crippen molar-refractivity contribution >= 4 is 43.7 Å². The molecule has 0 fully saturated rings. The van der Waals surface area contributed by atoms with Crippen LogP contribution >= 0.6 is 11.3 Å². The highest BCUT2D eigenvalue weighted by Gasteiger charge is 2.23. The smallest absolute Gasteiger partial charge is 0.408 e. The van der Waals surface area contributed by atoms with Gasteiger partial charge in [0.25, 0.3) is 0 Å². The summed E-state index contributed by atoms with van der Waals surface area (Å²) in [5.74, 6) is -0.828. The zero-order valence-corrected chi connectivity index (χ0v) is 18.4. The summed E-state index contributed by atoms with van der Waals surface area (Å²) in [6.45, 7) is 4.15. The topological polar surface area (TPSA) is 81.2 Å². The third kappa shape index (κ3) is 3.69. The number of para-hydroxylation sites is 2. The fourth-order valence-corrected chi connectivity index (χ4v) is 4.93. The van der Waals surface area contributed by atoms with Gasteiger partial charge in [-0.25, -0.2) is 9.78 Å². The number of aryl methyl sites for hydroxylation is 2. The Bertz CT molecular complexity index is 1500. The van der Waals surface area contributed by atoms with E-state index in [0.29, 0.717) is 16.2 Å². The van der Waals surface area contributed by atoms with E-state index >= 15 is 0 Å². The van der Waals surface area contributed by atoms with Gasteiger partial charge < -0.3 is 4.42 Å². The van der Waals surface area contributed by atoms with Crippen LogP contribution in [0.25, 0.3) is 21.3 Å². The molecule has 0 unspecified atom stereocenters. The number of thiazole rings is 1. The summed E-state index contributed by atoms with van der Waals surface area (Å²) < 4.78 is 7.66. The van der Waals surface area contributed by atoms with Crippen LogP contribution in [0.4, 0.5) is 5.13 Å². The molecule has 0 saturated carbocycles. The number of carbonyl (C=O) groups excluding carboxylic acids is 1. The van der Waals surface area contributed by atoms with E-state index in [1.54, 1.807) is 29.3 Å². The number of aromatic nitrogens is 3. The lowest BCUT2D eigenvalue weighted by atomic mass is 10.1. The van der Waals surface area contributed by atoms with E-state index < -0.39 is 5.76 Å². The lowest BCUT2D eigenvalue weighted by Gasteiger charge is -2.19. The Hall–Kier alpha value is -3.78. The van der Waals surface area contributed by atoms with Crippen LogP contribution in [0.15, 0.2) is 70.0 Å². The molecule has 3 heterocycles. The van der Waals surface area contributed by atoms with Gasteiger partial charge in [0.15, 0.2) is 10.7 Å². The first-order valence-electron chi connectivity index (χ1n) is 10.2. The Morgan fingerprint density at radius 3 is 2.75 bits per heavy atom. The second kappa shape index (κ2) is 8.05. The number of nitrogens with zero attached hydrogens (tertiary/aromatic N) is 4. The zero-order valence-electron chi connectivity index (χ0n) is 17.6. The van der Waals surface area contributed by atoms with Crippen LogP contribution in [0.3, 0.4) is 0 Å². The number of rotatable bonds is 5. The van der Waals surface area contributed by atoms with Crippen molar-refractivity contribution in [3.63, 3.8) is 0 Å². The second-order valence-corrected chi connectivity index (χ2v) is 8.66. The molecule has 0 atom stereocenters. The third-order valence-corrected chi connectivity index (χ3v) is 6.29. The Labute approximate surface area is 187 Å².